The van der Waals surface area contributed by atoms with Gasteiger partial charge in [0, 0.05) is 16.8 Å². The Kier molecular flexibility index (Phi) is 7.90. The van der Waals surface area contributed by atoms with Gasteiger partial charge in [0.1, 0.15) is 6.10 Å². The fraction of sp³-hybridized carbons (Fsp3) is 0.750. The molecule has 4 N–H and O–H groups in total. The highest BCUT2D eigenvalue weighted by molar-refractivity contribution is 5.92. The van der Waals surface area contributed by atoms with Crippen molar-refractivity contribution in [1.82, 2.24) is 0 Å². The lowest BCUT2D eigenvalue weighted by Crippen LogP contribution is -2.55. The molecule has 4 aliphatic carbocycles. The monoisotopic (exact) mass is 548 g/mol. The molecule has 0 aliphatic heterocycles. The van der Waals surface area contributed by atoms with Crippen LogP contribution in [0.1, 0.15) is 123 Å². The fourth-order valence-electron chi connectivity index (χ4n) is 10.6. The predicted molar refractivity (Wildman–Crippen MR) is 167 cm³/mol. The zero-order valence-electron chi connectivity index (χ0n) is 26.4. The second-order valence-corrected chi connectivity index (χ2v) is 15.7. The molecule has 1 aromatic rings. The first kappa shape index (κ1) is 29.5. The number of carbonyl (C=O) groups is 1. The molecular weight excluding hydrogens is 492 g/mol. The Labute approximate surface area is 244 Å². The van der Waals surface area contributed by atoms with Gasteiger partial charge in [-0.15, -0.1) is 0 Å². The van der Waals surface area contributed by atoms with Gasteiger partial charge in [-0.3, -0.25) is 0 Å². The van der Waals surface area contributed by atoms with Crippen LogP contribution >= 0.6 is 0 Å². The van der Waals surface area contributed by atoms with Crippen LogP contribution in [0.4, 0.5) is 11.4 Å². The highest BCUT2D eigenvalue weighted by Gasteiger charge is 2.61. The molecule has 8 unspecified atom stereocenters. The van der Waals surface area contributed by atoms with Crippen molar-refractivity contribution >= 4 is 17.3 Å². The van der Waals surface area contributed by atoms with E-state index in [0.717, 1.165) is 48.3 Å². The molecule has 0 amide bonds. The van der Waals surface area contributed by atoms with Gasteiger partial charge in [0.2, 0.25) is 0 Å². The fourth-order valence-corrected chi connectivity index (χ4v) is 10.6. The summed E-state index contributed by atoms with van der Waals surface area (Å²) >= 11 is 0. The van der Waals surface area contributed by atoms with Crippen molar-refractivity contribution in [1.29, 1.82) is 0 Å². The molecule has 4 nitrogen and oxygen atoms in total. The van der Waals surface area contributed by atoms with Crippen molar-refractivity contribution in [2.75, 3.05) is 11.5 Å². The van der Waals surface area contributed by atoms with Crippen molar-refractivity contribution in [3.05, 3.63) is 35.4 Å². The molecule has 5 rings (SSSR count). The highest BCUT2D eigenvalue weighted by atomic mass is 16.5. The molecule has 222 valence electrons. The molecule has 40 heavy (non-hydrogen) atoms. The molecule has 0 aromatic heterocycles. The SMILES string of the molecule is CC(C)CCCC(C)C1CCC2C3CC=C4C(C)(C)C(OC(=O)c5cc(N)cc(N)c5)CCC4(C)C3CCC12C. The molecule has 3 saturated carbocycles. The molecule has 0 radical (unpaired) electrons. The van der Waals surface area contributed by atoms with Gasteiger partial charge in [0.05, 0.1) is 5.56 Å². The molecule has 0 spiro atoms. The summed E-state index contributed by atoms with van der Waals surface area (Å²) < 4.78 is 6.21. The number of nitrogens with two attached hydrogens (primary N) is 2. The lowest BCUT2D eigenvalue weighted by Gasteiger charge is -2.61. The van der Waals surface area contributed by atoms with Crippen molar-refractivity contribution in [2.24, 2.45) is 51.8 Å². The lowest BCUT2D eigenvalue weighted by molar-refractivity contribution is -0.0827. The zero-order valence-corrected chi connectivity index (χ0v) is 26.4. The van der Waals surface area contributed by atoms with Crippen LogP contribution in [0.2, 0.25) is 0 Å². The molecular formula is C36H56N2O2. The van der Waals surface area contributed by atoms with Gasteiger partial charge in [-0.2, -0.15) is 0 Å². The maximum atomic E-state index is 13.2. The van der Waals surface area contributed by atoms with E-state index in [9.17, 15) is 4.79 Å². The van der Waals surface area contributed by atoms with Gasteiger partial charge in [-0.1, -0.05) is 79.4 Å². The van der Waals surface area contributed by atoms with Gasteiger partial charge in [0.15, 0.2) is 0 Å². The molecule has 3 fully saturated rings. The van der Waals surface area contributed by atoms with Gasteiger partial charge in [-0.25, -0.2) is 4.79 Å². The van der Waals surface area contributed by atoms with Gasteiger partial charge in [-0.05, 0) is 109 Å². The molecule has 0 heterocycles. The topological polar surface area (TPSA) is 78.3 Å². The van der Waals surface area contributed by atoms with Crippen LogP contribution in [0.3, 0.4) is 0 Å². The zero-order chi connectivity index (χ0) is 29.0. The number of hydrogen-bond acceptors (Lipinski definition) is 4. The summed E-state index contributed by atoms with van der Waals surface area (Å²) in [4.78, 5) is 13.2. The summed E-state index contributed by atoms with van der Waals surface area (Å²) in [5, 5.41) is 0. The minimum atomic E-state index is -0.317. The van der Waals surface area contributed by atoms with Crippen molar-refractivity contribution in [3.8, 4) is 0 Å². The number of esters is 1. The Balaban J connectivity index is 1.32. The summed E-state index contributed by atoms with van der Waals surface area (Å²) in [5.74, 6) is 4.62. The van der Waals surface area contributed by atoms with E-state index in [4.69, 9.17) is 16.2 Å². The Morgan fingerprint density at radius 2 is 1.62 bits per heavy atom. The summed E-state index contributed by atoms with van der Waals surface area (Å²) in [6, 6.07) is 5.01. The van der Waals surface area contributed by atoms with Crippen molar-refractivity contribution in [3.63, 3.8) is 0 Å². The van der Waals surface area contributed by atoms with Gasteiger partial charge in [0.25, 0.3) is 0 Å². The number of fused-ring (bicyclic) bond motifs is 5. The first-order valence-corrected chi connectivity index (χ1v) is 16.4. The highest BCUT2D eigenvalue weighted by Crippen LogP contribution is 2.69. The Bertz CT molecular complexity index is 1120. The van der Waals surface area contributed by atoms with Crippen LogP contribution in [0.25, 0.3) is 0 Å². The van der Waals surface area contributed by atoms with E-state index in [0.29, 0.717) is 22.4 Å². The van der Waals surface area contributed by atoms with E-state index in [1.165, 1.54) is 56.9 Å². The second-order valence-electron chi connectivity index (χ2n) is 15.7. The van der Waals surface area contributed by atoms with Crippen LogP contribution in [0.15, 0.2) is 29.8 Å². The minimum Gasteiger partial charge on any atom is -0.458 e. The third-order valence-electron chi connectivity index (χ3n) is 12.6. The van der Waals surface area contributed by atoms with Crippen molar-refractivity contribution < 1.29 is 9.53 Å². The number of rotatable bonds is 7. The number of allylic oxidation sites excluding steroid dienone is 1. The summed E-state index contributed by atoms with van der Waals surface area (Å²) in [5.41, 5.74) is 15.4. The Hall–Kier alpha value is -1.97. The Morgan fingerprint density at radius 3 is 2.30 bits per heavy atom. The summed E-state index contributed by atoms with van der Waals surface area (Å²) in [6.07, 6.45) is 15.4. The van der Waals surface area contributed by atoms with E-state index in [1.54, 1.807) is 18.2 Å². The molecule has 0 saturated heterocycles. The van der Waals surface area contributed by atoms with Gasteiger partial charge < -0.3 is 16.2 Å². The van der Waals surface area contributed by atoms with Gasteiger partial charge >= 0.3 is 5.97 Å². The number of nitrogen functional groups attached to an aromatic ring is 2. The molecule has 0 bridgehead atoms. The largest absolute Gasteiger partial charge is 0.458 e. The number of anilines is 2. The maximum Gasteiger partial charge on any atom is 0.338 e. The number of carbonyl (C=O) groups excluding carboxylic acids is 1. The lowest BCUT2D eigenvalue weighted by atomic mass is 9.44. The first-order chi connectivity index (χ1) is 18.8. The van der Waals surface area contributed by atoms with Crippen LogP contribution in [0.5, 0.6) is 0 Å². The summed E-state index contributed by atoms with van der Waals surface area (Å²) in [6.45, 7) is 17.1. The first-order valence-electron chi connectivity index (χ1n) is 16.4. The third kappa shape index (κ3) is 5.00. The normalized spacial score (nSPS) is 37.2. The quantitative estimate of drug-likeness (QED) is 0.202. The molecule has 4 aliphatic rings. The van der Waals surface area contributed by atoms with Crippen molar-refractivity contribution in [2.45, 2.75) is 119 Å². The van der Waals surface area contributed by atoms with Crippen LogP contribution in [-0.2, 0) is 4.74 Å². The number of ether oxygens (including phenoxy) is 1. The smallest absolute Gasteiger partial charge is 0.338 e. The van der Waals surface area contributed by atoms with E-state index < -0.39 is 0 Å². The predicted octanol–water partition coefficient (Wildman–Crippen LogP) is 9.05. The molecule has 1 aromatic carbocycles. The molecule has 4 heteroatoms. The van der Waals surface area contributed by atoms with E-state index in [-0.39, 0.29) is 22.9 Å². The second kappa shape index (κ2) is 10.7. The number of benzene rings is 1. The third-order valence-corrected chi connectivity index (χ3v) is 12.6. The number of hydrogen-bond donors (Lipinski definition) is 2. The van der Waals surface area contributed by atoms with E-state index in [1.807, 2.05) is 0 Å². The van der Waals surface area contributed by atoms with Crippen LogP contribution in [0, 0.1) is 51.8 Å². The van der Waals surface area contributed by atoms with E-state index in [2.05, 4.69) is 54.5 Å². The average Bonchev–Trinajstić information content (AvgIpc) is 3.22. The van der Waals surface area contributed by atoms with E-state index >= 15 is 0 Å². The molecule has 8 atom stereocenters. The minimum absolute atomic E-state index is 0.144. The van der Waals surface area contributed by atoms with Crippen LogP contribution in [-0.4, -0.2) is 12.1 Å². The average molecular weight is 549 g/mol. The summed E-state index contributed by atoms with van der Waals surface area (Å²) in [7, 11) is 0. The Morgan fingerprint density at radius 1 is 0.925 bits per heavy atom. The van der Waals surface area contributed by atoms with Crippen LogP contribution < -0.4 is 11.5 Å². The maximum absolute atomic E-state index is 13.2. The standard InChI is InChI=1S/C36H56N2O2/c1-22(2)9-8-10-23(3)28-12-13-29-27-11-14-31-34(4,5)32(40-33(39)24-19-25(37)21-26(38)20-24)16-18-36(31,7)30(27)15-17-35(28,29)6/h14,19-23,27-30,32H,8-13,15-18,37-38H2,1-7H3.